The zero-order valence-corrected chi connectivity index (χ0v) is 23.7. The van der Waals surface area contributed by atoms with E-state index in [1.807, 2.05) is 25.1 Å². The standard InChI is InChI=1S/C30H35Cl2FN4O/c1-5-37-25(17-29(2,3)4)30(18-34,23-10-9-21(32)16-24(23)33)26(19-7-6-8-20(31)15-19)27(37)28(38)36-22-11-13-35-14-12-22/h6-16,25-27H,5,17-18,34H2,1-4H3,(H,35,36,38)/t25-,26-,27+,30-/m0/s1. The number of nitrogens with two attached hydrogens (primary N) is 1. The molecule has 1 saturated heterocycles. The van der Waals surface area contributed by atoms with E-state index in [0.29, 0.717) is 34.3 Å². The number of hydrogen-bond donors (Lipinski definition) is 2. The number of nitrogens with one attached hydrogen (secondary N) is 1. The molecule has 2 aromatic carbocycles. The van der Waals surface area contributed by atoms with Gasteiger partial charge in [-0.05, 0) is 65.9 Å². The van der Waals surface area contributed by atoms with Gasteiger partial charge in [-0.2, -0.15) is 0 Å². The Kier molecular flexibility index (Phi) is 8.48. The lowest BCUT2D eigenvalue weighted by molar-refractivity contribution is -0.121. The maximum absolute atomic E-state index is 15.9. The van der Waals surface area contributed by atoms with Crippen molar-refractivity contribution in [1.29, 1.82) is 0 Å². The molecule has 3 N–H and O–H groups in total. The quantitative estimate of drug-likeness (QED) is 0.341. The van der Waals surface area contributed by atoms with Crippen LogP contribution in [0.2, 0.25) is 10.0 Å². The second-order valence-electron chi connectivity index (χ2n) is 11.2. The number of aromatic nitrogens is 1. The van der Waals surface area contributed by atoms with E-state index in [-0.39, 0.29) is 23.9 Å². The minimum absolute atomic E-state index is 0.124. The van der Waals surface area contributed by atoms with Gasteiger partial charge in [-0.1, -0.05) is 69.1 Å². The van der Waals surface area contributed by atoms with Crippen molar-refractivity contribution in [3.05, 3.63) is 94.0 Å². The van der Waals surface area contributed by atoms with Crippen LogP contribution < -0.4 is 11.1 Å². The number of halogens is 3. The first kappa shape index (κ1) is 28.5. The second-order valence-corrected chi connectivity index (χ2v) is 12.1. The van der Waals surface area contributed by atoms with Gasteiger partial charge in [0.15, 0.2) is 0 Å². The zero-order chi connectivity index (χ0) is 27.7. The largest absolute Gasteiger partial charge is 0.329 e. The first-order valence-electron chi connectivity index (χ1n) is 12.9. The van der Waals surface area contributed by atoms with Crippen LogP contribution in [0.4, 0.5) is 10.1 Å². The molecule has 1 aliphatic rings. The number of pyridine rings is 1. The average Bonchev–Trinajstić information content (AvgIpc) is 3.13. The van der Waals surface area contributed by atoms with Gasteiger partial charge in [-0.15, -0.1) is 0 Å². The fourth-order valence-electron chi connectivity index (χ4n) is 6.19. The van der Waals surface area contributed by atoms with E-state index in [4.69, 9.17) is 28.9 Å². The summed E-state index contributed by atoms with van der Waals surface area (Å²) in [7, 11) is 0. The Labute approximate surface area is 234 Å². The molecule has 4 rings (SSSR count). The Hall–Kier alpha value is -2.51. The molecule has 5 nitrogen and oxygen atoms in total. The highest BCUT2D eigenvalue weighted by Crippen LogP contribution is 2.56. The molecule has 1 aliphatic heterocycles. The predicted molar refractivity (Wildman–Crippen MR) is 153 cm³/mol. The molecular formula is C30H35Cl2FN4O. The number of carbonyl (C=O) groups excluding carboxylic acids is 1. The SMILES string of the molecule is CCN1[C@@H](CC(C)(C)C)[C@](CN)(c2ccc(Cl)cc2F)[C@@H](c2cccc(Cl)c2)[C@@H]1C(=O)Nc1ccncc1. The van der Waals surface area contributed by atoms with Gasteiger partial charge in [0.25, 0.3) is 0 Å². The molecule has 0 unspecified atom stereocenters. The number of carbonyl (C=O) groups is 1. The maximum atomic E-state index is 15.9. The molecule has 3 aromatic rings. The van der Waals surface area contributed by atoms with Crippen LogP contribution in [0.5, 0.6) is 0 Å². The van der Waals surface area contributed by atoms with Crippen LogP contribution in [0.1, 0.15) is 51.2 Å². The Morgan fingerprint density at radius 1 is 1.11 bits per heavy atom. The highest BCUT2D eigenvalue weighted by molar-refractivity contribution is 6.30. The smallest absolute Gasteiger partial charge is 0.242 e. The van der Waals surface area contributed by atoms with Gasteiger partial charge in [0.05, 0.1) is 6.04 Å². The van der Waals surface area contributed by atoms with Crippen molar-refractivity contribution in [1.82, 2.24) is 9.88 Å². The Balaban J connectivity index is 2.01. The van der Waals surface area contributed by atoms with E-state index in [1.165, 1.54) is 6.07 Å². The van der Waals surface area contributed by atoms with Crippen LogP contribution in [-0.2, 0) is 10.2 Å². The van der Waals surface area contributed by atoms with Crippen molar-refractivity contribution < 1.29 is 9.18 Å². The van der Waals surface area contributed by atoms with E-state index in [0.717, 1.165) is 5.56 Å². The van der Waals surface area contributed by atoms with E-state index >= 15 is 4.39 Å². The lowest BCUT2D eigenvalue weighted by Crippen LogP contribution is -2.51. The number of hydrogen-bond acceptors (Lipinski definition) is 4. The molecule has 0 radical (unpaired) electrons. The van der Waals surface area contributed by atoms with Crippen molar-refractivity contribution in [2.24, 2.45) is 11.1 Å². The number of nitrogens with zero attached hydrogens (tertiary/aromatic N) is 2. The third kappa shape index (κ3) is 5.46. The van der Waals surface area contributed by atoms with Crippen molar-refractivity contribution in [3.8, 4) is 0 Å². The van der Waals surface area contributed by atoms with E-state index < -0.39 is 23.2 Å². The number of rotatable bonds is 7. The van der Waals surface area contributed by atoms with E-state index in [1.54, 1.807) is 42.7 Å². The summed E-state index contributed by atoms with van der Waals surface area (Å²) in [6.45, 7) is 9.18. The van der Waals surface area contributed by atoms with Crippen LogP contribution >= 0.6 is 23.2 Å². The van der Waals surface area contributed by atoms with Gasteiger partial charge in [-0.3, -0.25) is 14.7 Å². The van der Waals surface area contributed by atoms with Crippen LogP contribution in [-0.4, -0.2) is 41.0 Å². The first-order chi connectivity index (χ1) is 18.0. The number of benzene rings is 2. The van der Waals surface area contributed by atoms with Crippen LogP contribution in [0, 0.1) is 11.2 Å². The first-order valence-corrected chi connectivity index (χ1v) is 13.6. The zero-order valence-electron chi connectivity index (χ0n) is 22.2. The fraction of sp³-hybridized carbons (Fsp3) is 0.400. The Morgan fingerprint density at radius 3 is 2.37 bits per heavy atom. The Morgan fingerprint density at radius 2 is 1.79 bits per heavy atom. The molecule has 4 atom stereocenters. The fourth-order valence-corrected chi connectivity index (χ4v) is 6.54. The van der Waals surface area contributed by atoms with Crippen molar-refractivity contribution >= 4 is 34.8 Å². The lowest BCUT2D eigenvalue weighted by atomic mass is 9.62. The van der Waals surface area contributed by atoms with Gasteiger partial charge in [0.2, 0.25) is 5.91 Å². The second kappa shape index (κ2) is 11.3. The molecule has 8 heteroatoms. The maximum Gasteiger partial charge on any atom is 0.242 e. The highest BCUT2D eigenvalue weighted by atomic mass is 35.5. The minimum Gasteiger partial charge on any atom is -0.329 e. The summed E-state index contributed by atoms with van der Waals surface area (Å²) in [6, 6.07) is 14.8. The summed E-state index contributed by atoms with van der Waals surface area (Å²) in [5.41, 5.74) is 7.58. The Bertz CT molecular complexity index is 1280. The normalized spacial score (nSPS) is 23.9. The summed E-state index contributed by atoms with van der Waals surface area (Å²) in [5.74, 6) is -1.11. The topological polar surface area (TPSA) is 71.2 Å². The molecule has 38 heavy (non-hydrogen) atoms. The predicted octanol–water partition coefficient (Wildman–Crippen LogP) is 6.66. The summed E-state index contributed by atoms with van der Waals surface area (Å²) in [4.78, 5) is 20.4. The summed E-state index contributed by atoms with van der Waals surface area (Å²) >= 11 is 12.7. The molecular weight excluding hydrogens is 522 g/mol. The third-order valence-electron chi connectivity index (χ3n) is 7.59. The number of anilines is 1. The molecule has 1 aromatic heterocycles. The van der Waals surface area contributed by atoms with Crippen LogP contribution in [0.15, 0.2) is 67.0 Å². The summed E-state index contributed by atoms with van der Waals surface area (Å²) < 4.78 is 15.9. The molecule has 1 amide bonds. The molecule has 2 heterocycles. The highest BCUT2D eigenvalue weighted by Gasteiger charge is 2.62. The van der Waals surface area contributed by atoms with E-state index in [2.05, 4.69) is 36.0 Å². The molecule has 0 aliphatic carbocycles. The van der Waals surface area contributed by atoms with Crippen LogP contribution in [0.3, 0.4) is 0 Å². The van der Waals surface area contributed by atoms with Crippen molar-refractivity contribution in [2.45, 2.75) is 57.5 Å². The molecule has 202 valence electrons. The number of likely N-dealkylation sites (N-methyl/N-ethyl adjacent to an activating group) is 1. The molecule has 1 fully saturated rings. The van der Waals surface area contributed by atoms with Gasteiger partial charge in [0, 0.05) is 52.0 Å². The monoisotopic (exact) mass is 556 g/mol. The minimum atomic E-state index is -0.942. The number of likely N-dealkylation sites (tertiary alicyclic amines) is 1. The molecule has 0 bridgehead atoms. The van der Waals surface area contributed by atoms with Gasteiger partial charge >= 0.3 is 0 Å². The van der Waals surface area contributed by atoms with Gasteiger partial charge < -0.3 is 11.1 Å². The van der Waals surface area contributed by atoms with E-state index in [9.17, 15) is 4.79 Å². The van der Waals surface area contributed by atoms with Gasteiger partial charge in [0.1, 0.15) is 5.82 Å². The van der Waals surface area contributed by atoms with Crippen LogP contribution in [0.25, 0.3) is 0 Å². The number of amides is 1. The van der Waals surface area contributed by atoms with Crippen molar-refractivity contribution in [2.75, 3.05) is 18.4 Å². The lowest BCUT2D eigenvalue weighted by Gasteiger charge is -2.43. The third-order valence-corrected chi connectivity index (χ3v) is 8.06. The molecule has 0 spiro atoms. The molecule has 0 saturated carbocycles. The van der Waals surface area contributed by atoms with Gasteiger partial charge in [-0.25, -0.2) is 4.39 Å². The summed E-state index contributed by atoms with van der Waals surface area (Å²) in [5, 5.41) is 3.92. The summed E-state index contributed by atoms with van der Waals surface area (Å²) in [6.07, 6.45) is 3.95. The van der Waals surface area contributed by atoms with Crippen molar-refractivity contribution in [3.63, 3.8) is 0 Å². The average molecular weight is 558 g/mol.